The Hall–Kier alpha value is -1.61. The van der Waals surface area contributed by atoms with Crippen molar-refractivity contribution < 1.29 is 14.4 Å². The normalized spacial score (nSPS) is 15.9. The predicted molar refractivity (Wildman–Crippen MR) is 105 cm³/mol. The van der Waals surface area contributed by atoms with Gasteiger partial charge in [0.25, 0.3) is 11.1 Å². The van der Waals surface area contributed by atoms with Crippen molar-refractivity contribution in [1.82, 2.24) is 4.90 Å². The average molecular weight is 458 g/mol. The minimum absolute atomic E-state index is 0.296. The maximum Gasteiger partial charge on any atom is 0.294 e. The summed E-state index contributed by atoms with van der Waals surface area (Å²) in [6.45, 7) is -0.360. The third-order valence-electron chi connectivity index (χ3n) is 3.18. The Balaban J connectivity index is 1.69. The van der Waals surface area contributed by atoms with Crippen LogP contribution >= 0.6 is 50.6 Å². The highest BCUT2D eigenvalue weighted by Crippen LogP contribution is 2.33. The van der Waals surface area contributed by atoms with Gasteiger partial charge in [0.15, 0.2) is 0 Å². The monoisotopic (exact) mass is 456 g/mol. The van der Waals surface area contributed by atoms with Gasteiger partial charge in [-0.25, -0.2) is 0 Å². The van der Waals surface area contributed by atoms with E-state index in [-0.39, 0.29) is 6.54 Å². The molecule has 1 aliphatic heterocycles. The molecule has 9 heteroatoms. The number of imide groups is 1. The molecule has 3 amide bonds. The highest BCUT2D eigenvalue weighted by molar-refractivity contribution is 9.10. The zero-order valence-electron chi connectivity index (χ0n) is 12.5. The summed E-state index contributed by atoms with van der Waals surface area (Å²) in [5.41, 5.74) is 0.431. The Morgan fingerprint density at radius 2 is 2.08 bits per heavy atom. The molecule has 128 valence electrons. The Kier molecular flexibility index (Phi) is 5.63. The predicted octanol–water partition coefficient (Wildman–Crippen LogP) is 4.84. The van der Waals surface area contributed by atoms with Gasteiger partial charge in [0, 0.05) is 14.7 Å². The number of halogens is 2. The molecule has 25 heavy (non-hydrogen) atoms. The summed E-state index contributed by atoms with van der Waals surface area (Å²) in [5, 5.41) is 4.39. The van der Waals surface area contributed by atoms with Gasteiger partial charge in [0.1, 0.15) is 6.54 Å². The first-order valence-electron chi connectivity index (χ1n) is 6.98. The second-order valence-corrected chi connectivity index (χ2v) is 8.22. The number of thiophene rings is 1. The fourth-order valence-corrected chi connectivity index (χ4v) is 4.53. The third-order valence-corrected chi connectivity index (χ3v) is 6.06. The van der Waals surface area contributed by atoms with Crippen LogP contribution in [0.5, 0.6) is 0 Å². The van der Waals surface area contributed by atoms with Gasteiger partial charge in [-0.3, -0.25) is 19.3 Å². The van der Waals surface area contributed by atoms with E-state index in [4.69, 9.17) is 11.6 Å². The van der Waals surface area contributed by atoms with E-state index in [1.807, 2.05) is 11.4 Å². The van der Waals surface area contributed by atoms with Crippen molar-refractivity contribution in [3.8, 4) is 0 Å². The molecule has 0 unspecified atom stereocenters. The van der Waals surface area contributed by atoms with Gasteiger partial charge in [0.05, 0.1) is 15.6 Å². The van der Waals surface area contributed by atoms with Gasteiger partial charge in [0.2, 0.25) is 5.91 Å². The molecule has 1 N–H and O–H groups in total. The summed E-state index contributed by atoms with van der Waals surface area (Å²) < 4.78 is 0.905. The van der Waals surface area contributed by atoms with Crippen molar-refractivity contribution in [3.63, 3.8) is 0 Å². The van der Waals surface area contributed by atoms with Crippen molar-refractivity contribution in [2.75, 3.05) is 11.9 Å². The van der Waals surface area contributed by atoms with Crippen LogP contribution in [0, 0.1) is 0 Å². The molecular weight excluding hydrogens is 448 g/mol. The fraction of sp³-hybridized carbons (Fsp3) is 0.0625. The van der Waals surface area contributed by atoms with E-state index in [9.17, 15) is 14.4 Å². The first kappa shape index (κ1) is 18.2. The summed E-state index contributed by atoms with van der Waals surface area (Å²) in [5.74, 6) is -0.968. The lowest BCUT2D eigenvalue weighted by molar-refractivity contribution is -0.127. The topological polar surface area (TPSA) is 66.5 Å². The molecule has 0 bridgehead atoms. The number of carbonyl (C=O) groups excluding carboxylic acids is 3. The lowest BCUT2D eigenvalue weighted by atomic mass is 10.3. The van der Waals surface area contributed by atoms with Crippen LogP contribution in [0.2, 0.25) is 5.02 Å². The summed E-state index contributed by atoms with van der Waals surface area (Å²) in [6.07, 6.45) is 1.65. The average Bonchev–Trinajstić information content (AvgIpc) is 3.08. The molecule has 1 aromatic carbocycles. The molecular formula is C16H10BrClN2O3S2. The van der Waals surface area contributed by atoms with Crippen molar-refractivity contribution in [2.45, 2.75) is 0 Å². The van der Waals surface area contributed by atoms with E-state index >= 15 is 0 Å². The summed E-state index contributed by atoms with van der Waals surface area (Å²) in [4.78, 5) is 38.6. The Labute approximate surface area is 165 Å². The highest BCUT2D eigenvalue weighted by Gasteiger charge is 2.36. The molecule has 1 aliphatic rings. The fourth-order valence-electron chi connectivity index (χ4n) is 2.07. The maximum atomic E-state index is 12.4. The van der Waals surface area contributed by atoms with Crippen LogP contribution in [-0.4, -0.2) is 28.5 Å². The van der Waals surface area contributed by atoms with E-state index in [1.165, 1.54) is 11.3 Å². The van der Waals surface area contributed by atoms with Gasteiger partial charge in [-0.05, 0) is 52.0 Å². The van der Waals surface area contributed by atoms with E-state index in [0.29, 0.717) is 15.6 Å². The number of hydrogen-bond donors (Lipinski definition) is 1. The molecule has 0 atom stereocenters. The van der Waals surface area contributed by atoms with Crippen LogP contribution in [0.15, 0.2) is 45.1 Å². The minimum Gasteiger partial charge on any atom is -0.323 e. The number of para-hydroxylation sites is 1. The Morgan fingerprint density at radius 3 is 2.76 bits per heavy atom. The quantitative estimate of drug-likeness (QED) is 0.667. The van der Waals surface area contributed by atoms with Crippen molar-refractivity contribution >= 4 is 79.4 Å². The molecule has 1 aromatic heterocycles. The molecule has 0 spiro atoms. The van der Waals surface area contributed by atoms with E-state index in [2.05, 4.69) is 21.2 Å². The first-order valence-corrected chi connectivity index (χ1v) is 9.84. The van der Waals surface area contributed by atoms with Gasteiger partial charge in [-0.1, -0.05) is 23.7 Å². The molecule has 5 nitrogen and oxygen atoms in total. The maximum absolute atomic E-state index is 12.4. The molecule has 1 fully saturated rings. The lowest BCUT2D eigenvalue weighted by Gasteiger charge is -2.13. The van der Waals surface area contributed by atoms with Crippen LogP contribution in [0.3, 0.4) is 0 Å². The molecule has 1 saturated heterocycles. The van der Waals surface area contributed by atoms with Gasteiger partial charge in [-0.2, -0.15) is 0 Å². The first-order chi connectivity index (χ1) is 11.9. The van der Waals surface area contributed by atoms with Gasteiger partial charge in [-0.15, -0.1) is 11.3 Å². The molecule has 3 rings (SSSR count). The molecule has 0 saturated carbocycles. The van der Waals surface area contributed by atoms with Crippen LogP contribution in [0.1, 0.15) is 4.88 Å². The number of rotatable bonds is 4. The Bertz CT molecular complexity index is 897. The van der Waals surface area contributed by atoms with Crippen LogP contribution < -0.4 is 5.32 Å². The second kappa shape index (κ2) is 7.74. The number of nitrogens with one attached hydrogen (secondary N) is 1. The zero-order chi connectivity index (χ0) is 18.0. The number of benzene rings is 1. The zero-order valence-corrected chi connectivity index (χ0v) is 16.5. The number of amides is 3. The molecule has 0 aliphatic carbocycles. The summed E-state index contributed by atoms with van der Waals surface area (Å²) >= 11 is 11.6. The molecule has 0 radical (unpaired) electrons. The van der Waals surface area contributed by atoms with Crippen LogP contribution in [-0.2, 0) is 9.59 Å². The van der Waals surface area contributed by atoms with Crippen LogP contribution in [0.25, 0.3) is 6.08 Å². The lowest BCUT2D eigenvalue weighted by Crippen LogP contribution is -2.36. The number of anilines is 1. The number of carbonyl (C=O) groups is 3. The summed E-state index contributed by atoms with van der Waals surface area (Å²) in [6, 6.07) is 8.59. The standard InChI is InChI=1S/C16H10BrClN2O3S2/c17-9-5-10(24-8-9)6-13-15(22)20(16(23)25-13)7-14(21)19-12-4-2-1-3-11(12)18/h1-6,8H,7H2,(H,19,21)/b13-6+. The van der Waals surface area contributed by atoms with Crippen LogP contribution in [0.4, 0.5) is 10.5 Å². The van der Waals surface area contributed by atoms with E-state index in [0.717, 1.165) is 26.0 Å². The van der Waals surface area contributed by atoms with Crippen molar-refractivity contribution in [2.24, 2.45) is 0 Å². The largest absolute Gasteiger partial charge is 0.323 e. The smallest absolute Gasteiger partial charge is 0.294 e. The second-order valence-electron chi connectivity index (χ2n) is 4.96. The molecule has 2 aromatic rings. The van der Waals surface area contributed by atoms with E-state index in [1.54, 1.807) is 30.3 Å². The SMILES string of the molecule is O=C(CN1C(=O)S/C(=C/c2cc(Br)cs2)C1=O)Nc1ccccc1Cl. The van der Waals surface area contributed by atoms with Gasteiger partial charge < -0.3 is 5.32 Å². The summed E-state index contributed by atoms with van der Waals surface area (Å²) in [7, 11) is 0. The van der Waals surface area contributed by atoms with Crippen molar-refractivity contribution in [1.29, 1.82) is 0 Å². The number of nitrogens with zero attached hydrogens (tertiary/aromatic N) is 1. The number of hydrogen-bond acceptors (Lipinski definition) is 5. The highest BCUT2D eigenvalue weighted by atomic mass is 79.9. The van der Waals surface area contributed by atoms with E-state index < -0.39 is 17.1 Å². The molecule has 2 heterocycles. The van der Waals surface area contributed by atoms with Crippen molar-refractivity contribution in [3.05, 3.63) is 55.0 Å². The number of thioether (sulfide) groups is 1. The third kappa shape index (κ3) is 4.33. The minimum atomic E-state index is -0.490. The Morgan fingerprint density at radius 1 is 1.32 bits per heavy atom. The van der Waals surface area contributed by atoms with Gasteiger partial charge >= 0.3 is 0 Å².